The molecule has 0 radical (unpaired) electrons. The van der Waals surface area contributed by atoms with E-state index in [1.165, 1.54) is 0 Å². The molecule has 3 unspecified atom stereocenters. The molecule has 2 saturated heterocycles. The van der Waals surface area contributed by atoms with Crippen molar-refractivity contribution in [1.82, 2.24) is 10.2 Å². The Kier molecular flexibility index (Phi) is 5.79. The van der Waals surface area contributed by atoms with Gasteiger partial charge in [-0.3, -0.25) is 4.79 Å². The molecule has 0 saturated carbocycles. The molecule has 2 heterocycles. The maximum Gasteiger partial charge on any atom is 0.317 e. The SMILES string of the molecule is CSC(C)CCNC(=O)N1C2CCC1CC(CC(=O)O)C2. The number of hydrogen-bond acceptors (Lipinski definition) is 3. The summed E-state index contributed by atoms with van der Waals surface area (Å²) >= 11 is 1.81. The fraction of sp³-hybridized carbons (Fsp3) is 0.867. The predicted molar refractivity (Wildman–Crippen MR) is 84.6 cm³/mol. The third kappa shape index (κ3) is 4.28. The second kappa shape index (κ2) is 7.38. The lowest BCUT2D eigenvalue weighted by atomic mass is 9.88. The number of rotatable bonds is 6. The fourth-order valence-corrected chi connectivity index (χ4v) is 3.98. The number of carbonyl (C=O) groups is 2. The van der Waals surface area contributed by atoms with Gasteiger partial charge in [0.1, 0.15) is 0 Å². The van der Waals surface area contributed by atoms with Crippen LogP contribution >= 0.6 is 11.8 Å². The Hall–Kier alpha value is -0.910. The van der Waals surface area contributed by atoms with Crippen LogP contribution in [0.15, 0.2) is 0 Å². The first-order chi connectivity index (χ1) is 10.0. The summed E-state index contributed by atoms with van der Waals surface area (Å²) in [6.45, 7) is 2.88. The standard InChI is InChI=1S/C15H26N2O3S/c1-10(21-2)5-6-16-15(20)17-12-3-4-13(17)8-11(7-12)9-14(18)19/h10-13H,3-9H2,1-2H3,(H,16,20)(H,18,19). The first-order valence-electron chi connectivity index (χ1n) is 7.82. The second-order valence-corrected chi connectivity index (χ2v) is 7.57. The van der Waals surface area contributed by atoms with Crippen molar-refractivity contribution in [3.05, 3.63) is 0 Å². The summed E-state index contributed by atoms with van der Waals surface area (Å²) in [4.78, 5) is 25.2. The summed E-state index contributed by atoms with van der Waals surface area (Å²) in [6, 6.07) is 0.529. The number of aliphatic carboxylic acids is 1. The minimum Gasteiger partial charge on any atom is -0.481 e. The molecule has 5 nitrogen and oxygen atoms in total. The first kappa shape index (κ1) is 16.5. The molecule has 0 aliphatic carbocycles. The Morgan fingerprint density at radius 3 is 2.48 bits per heavy atom. The molecule has 6 heteroatoms. The van der Waals surface area contributed by atoms with Crippen molar-refractivity contribution in [1.29, 1.82) is 0 Å². The molecule has 2 fully saturated rings. The highest BCUT2D eigenvalue weighted by molar-refractivity contribution is 7.99. The van der Waals surface area contributed by atoms with Crippen LogP contribution in [0.4, 0.5) is 4.79 Å². The molecule has 2 amide bonds. The van der Waals surface area contributed by atoms with Gasteiger partial charge >= 0.3 is 12.0 Å². The van der Waals surface area contributed by atoms with Crippen molar-refractivity contribution >= 4 is 23.8 Å². The molecular weight excluding hydrogens is 288 g/mol. The zero-order chi connectivity index (χ0) is 15.4. The number of carbonyl (C=O) groups excluding carboxylic acids is 1. The van der Waals surface area contributed by atoms with Crippen LogP contribution in [0.3, 0.4) is 0 Å². The van der Waals surface area contributed by atoms with E-state index in [-0.39, 0.29) is 30.5 Å². The van der Waals surface area contributed by atoms with Gasteiger partial charge in [-0.25, -0.2) is 4.79 Å². The van der Waals surface area contributed by atoms with Gasteiger partial charge in [0.15, 0.2) is 0 Å². The molecule has 0 aromatic rings. The average Bonchev–Trinajstić information content (AvgIpc) is 2.69. The molecule has 2 N–H and O–H groups in total. The minimum absolute atomic E-state index is 0.0459. The van der Waals surface area contributed by atoms with E-state index < -0.39 is 5.97 Å². The molecule has 2 rings (SSSR count). The number of urea groups is 1. The van der Waals surface area contributed by atoms with Gasteiger partial charge in [-0.2, -0.15) is 11.8 Å². The van der Waals surface area contributed by atoms with Gasteiger partial charge < -0.3 is 15.3 Å². The molecular formula is C15H26N2O3S. The fourth-order valence-electron chi connectivity index (χ4n) is 3.63. The van der Waals surface area contributed by atoms with Crippen LogP contribution in [0.5, 0.6) is 0 Å². The van der Waals surface area contributed by atoms with Crippen LogP contribution in [0.1, 0.15) is 45.4 Å². The van der Waals surface area contributed by atoms with Gasteiger partial charge in [-0.1, -0.05) is 6.92 Å². The number of carboxylic acid groups (broad SMARTS) is 1. The molecule has 21 heavy (non-hydrogen) atoms. The summed E-state index contributed by atoms with van der Waals surface area (Å²) in [6.07, 6.45) is 7.05. The van der Waals surface area contributed by atoms with E-state index >= 15 is 0 Å². The largest absolute Gasteiger partial charge is 0.481 e. The van der Waals surface area contributed by atoms with Crippen molar-refractivity contribution in [2.45, 2.75) is 62.8 Å². The summed E-state index contributed by atoms with van der Waals surface area (Å²) in [5.41, 5.74) is 0. The monoisotopic (exact) mass is 314 g/mol. The Morgan fingerprint density at radius 1 is 1.33 bits per heavy atom. The summed E-state index contributed by atoms with van der Waals surface area (Å²) < 4.78 is 0. The van der Waals surface area contributed by atoms with Crippen molar-refractivity contribution < 1.29 is 14.7 Å². The van der Waals surface area contributed by atoms with Gasteiger partial charge in [0, 0.05) is 30.3 Å². The molecule has 120 valence electrons. The topological polar surface area (TPSA) is 69.6 Å². The van der Waals surface area contributed by atoms with E-state index in [1.54, 1.807) is 0 Å². The van der Waals surface area contributed by atoms with Crippen LogP contribution in [0.25, 0.3) is 0 Å². The van der Waals surface area contributed by atoms with Crippen molar-refractivity contribution in [3.8, 4) is 0 Å². The Morgan fingerprint density at radius 2 is 1.95 bits per heavy atom. The smallest absolute Gasteiger partial charge is 0.317 e. The van der Waals surface area contributed by atoms with Gasteiger partial charge in [-0.15, -0.1) is 0 Å². The number of fused-ring (bicyclic) bond motifs is 2. The van der Waals surface area contributed by atoms with E-state index in [0.29, 0.717) is 5.25 Å². The van der Waals surface area contributed by atoms with E-state index in [0.717, 1.165) is 38.6 Å². The van der Waals surface area contributed by atoms with E-state index in [2.05, 4.69) is 18.5 Å². The van der Waals surface area contributed by atoms with E-state index in [1.807, 2.05) is 16.7 Å². The number of nitrogens with one attached hydrogen (secondary N) is 1. The Balaban J connectivity index is 1.82. The molecule has 2 aliphatic rings. The third-order valence-electron chi connectivity index (χ3n) is 4.76. The average molecular weight is 314 g/mol. The first-order valence-corrected chi connectivity index (χ1v) is 9.10. The summed E-state index contributed by atoms with van der Waals surface area (Å²) in [7, 11) is 0. The van der Waals surface area contributed by atoms with Crippen LogP contribution in [0.2, 0.25) is 0 Å². The summed E-state index contributed by atoms with van der Waals surface area (Å²) in [5, 5.41) is 12.5. The minimum atomic E-state index is -0.719. The van der Waals surface area contributed by atoms with E-state index in [4.69, 9.17) is 5.11 Å². The van der Waals surface area contributed by atoms with Gasteiger partial charge in [0.2, 0.25) is 0 Å². The molecule has 2 bridgehead atoms. The van der Waals surface area contributed by atoms with Gasteiger partial charge in [-0.05, 0) is 44.3 Å². The van der Waals surface area contributed by atoms with Gasteiger partial charge in [0.05, 0.1) is 0 Å². The van der Waals surface area contributed by atoms with Crippen molar-refractivity contribution in [3.63, 3.8) is 0 Å². The van der Waals surface area contributed by atoms with Crippen LogP contribution in [-0.4, -0.2) is 52.1 Å². The van der Waals surface area contributed by atoms with Crippen molar-refractivity contribution in [2.75, 3.05) is 12.8 Å². The third-order valence-corrected chi connectivity index (χ3v) is 5.80. The lowest BCUT2D eigenvalue weighted by Crippen LogP contribution is -2.51. The number of hydrogen-bond donors (Lipinski definition) is 2. The Labute approximate surface area is 130 Å². The highest BCUT2D eigenvalue weighted by atomic mass is 32.2. The number of carboxylic acids is 1. The number of amides is 2. The van der Waals surface area contributed by atoms with Crippen molar-refractivity contribution in [2.24, 2.45) is 5.92 Å². The van der Waals surface area contributed by atoms with E-state index in [9.17, 15) is 9.59 Å². The van der Waals surface area contributed by atoms with Crippen LogP contribution < -0.4 is 5.32 Å². The maximum absolute atomic E-state index is 12.3. The molecule has 0 aromatic heterocycles. The zero-order valence-corrected chi connectivity index (χ0v) is 13.7. The summed E-state index contributed by atoms with van der Waals surface area (Å²) in [5.74, 6) is -0.482. The molecule has 2 aliphatic heterocycles. The normalized spacial score (nSPS) is 29.2. The molecule has 3 atom stereocenters. The van der Waals surface area contributed by atoms with Crippen LogP contribution in [-0.2, 0) is 4.79 Å². The highest BCUT2D eigenvalue weighted by Gasteiger charge is 2.43. The molecule has 0 spiro atoms. The molecule has 0 aromatic carbocycles. The maximum atomic E-state index is 12.3. The number of thioether (sulfide) groups is 1. The lowest BCUT2D eigenvalue weighted by Gasteiger charge is -2.38. The number of nitrogens with zero attached hydrogens (tertiary/aromatic N) is 1. The second-order valence-electron chi connectivity index (χ2n) is 6.29. The quantitative estimate of drug-likeness (QED) is 0.790. The number of piperidine rings is 1. The predicted octanol–water partition coefficient (Wildman–Crippen LogP) is 2.56. The zero-order valence-electron chi connectivity index (χ0n) is 12.9. The highest BCUT2D eigenvalue weighted by Crippen LogP contribution is 2.39. The Bertz CT molecular complexity index is 377. The van der Waals surface area contributed by atoms with Crippen LogP contribution in [0, 0.1) is 5.92 Å². The van der Waals surface area contributed by atoms with Gasteiger partial charge in [0.25, 0.3) is 0 Å². The lowest BCUT2D eigenvalue weighted by molar-refractivity contribution is -0.138.